The van der Waals surface area contributed by atoms with Crippen LogP contribution in [0.3, 0.4) is 0 Å². The number of anilines is 1. The summed E-state index contributed by atoms with van der Waals surface area (Å²) in [5.41, 5.74) is 6.29. The van der Waals surface area contributed by atoms with E-state index in [-0.39, 0.29) is 28.6 Å². The molecule has 2 aromatic rings. The maximum absolute atomic E-state index is 16.1. The van der Waals surface area contributed by atoms with Crippen LogP contribution in [0.25, 0.3) is 11.2 Å². The molecule has 238 valence electrons. The van der Waals surface area contributed by atoms with Crippen LogP contribution in [0.5, 0.6) is 0 Å². The topological polar surface area (TPSA) is 172 Å². The fraction of sp³-hybridized carbons (Fsp3) is 0.696. The monoisotopic (exact) mass is 697 g/mol. The highest BCUT2D eigenvalue weighted by Gasteiger charge is 2.55. The number of terminal acetylenes is 1. The Morgan fingerprint density at radius 1 is 1.21 bits per heavy atom. The first-order valence-corrected chi connectivity index (χ1v) is 21.5. The maximum atomic E-state index is 16.1. The highest BCUT2D eigenvalue weighted by molar-refractivity contribution is 8.44. The summed E-state index contributed by atoms with van der Waals surface area (Å²) in [4.78, 5) is 23.3. The number of fused-ring (bicyclic) bond motifs is 4. The Morgan fingerprint density at radius 3 is 2.58 bits per heavy atom. The van der Waals surface area contributed by atoms with Crippen molar-refractivity contribution in [1.29, 1.82) is 0 Å². The van der Waals surface area contributed by atoms with Crippen LogP contribution in [-0.2, 0) is 48.4 Å². The van der Waals surface area contributed by atoms with Crippen LogP contribution in [-0.4, -0.2) is 88.7 Å². The van der Waals surface area contributed by atoms with Gasteiger partial charge in [-0.2, -0.15) is 0 Å². The molecule has 10 atom stereocenters. The van der Waals surface area contributed by atoms with Gasteiger partial charge in [-0.05, 0) is 29.9 Å². The molecule has 0 spiro atoms. The Labute approximate surface area is 259 Å². The molecule has 3 aliphatic rings. The third-order valence-corrected chi connectivity index (χ3v) is 15.6. The van der Waals surface area contributed by atoms with Crippen LogP contribution < -0.4 is 5.73 Å². The summed E-state index contributed by atoms with van der Waals surface area (Å²) in [5.74, 6) is 2.57. The van der Waals surface area contributed by atoms with E-state index in [1.807, 2.05) is 33.9 Å². The molecular formula is C23H34FN5O9P2S2Si. The SMILES string of the molecule is C#C[C@@H]1O[C@@H]2COP(=O)(S)O[C@H]3[C@@H](F)[C@H](n4cnc5c(N)ncnc54)O[C@@H]3COP(O)(=S)O[C@@H]1[C@@H]2O[Si](C)(C)C(C)(C)C. The molecule has 0 radical (unpaired) electrons. The van der Waals surface area contributed by atoms with Crippen LogP contribution in [0.1, 0.15) is 27.0 Å². The number of imidazole rings is 1. The zero-order valence-electron chi connectivity index (χ0n) is 24.0. The normalized spacial score (nSPS) is 39.4. The largest absolute Gasteiger partial charge is 0.408 e. The van der Waals surface area contributed by atoms with Gasteiger partial charge in [0.05, 0.1) is 19.5 Å². The first kappa shape index (κ1) is 33.3. The lowest BCUT2D eigenvalue weighted by Crippen LogP contribution is -2.50. The number of alkyl halides is 1. The van der Waals surface area contributed by atoms with Gasteiger partial charge in [0.15, 0.2) is 32.2 Å². The smallest absolute Gasteiger partial charge is 0.386 e. The summed E-state index contributed by atoms with van der Waals surface area (Å²) < 4.78 is 72.1. The van der Waals surface area contributed by atoms with E-state index in [0.717, 1.165) is 0 Å². The average molecular weight is 698 g/mol. The molecule has 2 bridgehead atoms. The molecule has 3 saturated heterocycles. The van der Waals surface area contributed by atoms with Crippen LogP contribution in [0.4, 0.5) is 10.2 Å². The summed E-state index contributed by atoms with van der Waals surface area (Å²) in [6.07, 6.45) is -1.79. The van der Waals surface area contributed by atoms with Crippen molar-refractivity contribution in [3.8, 4) is 12.3 Å². The first-order valence-electron chi connectivity index (χ1n) is 13.3. The summed E-state index contributed by atoms with van der Waals surface area (Å²) in [7, 11) is -2.49. The van der Waals surface area contributed by atoms with Gasteiger partial charge >= 0.3 is 13.5 Å². The molecule has 2 unspecified atom stereocenters. The first-order chi connectivity index (χ1) is 19.9. The Kier molecular flexibility index (Phi) is 9.27. The van der Waals surface area contributed by atoms with Crippen molar-refractivity contribution in [3.63, 3.8) is 0 Å². The van der Waals surface area contributed by atoms with E-state index >= 15 is 4.39 Å². The third kappa shape index (κ3) is 6.75. The van der Waals surface area contributed by atoms with Crippen molar-refractivity contribution in [2.24, 2.45) is 0 Å². The minimum atomic E-state index is -4.27. The molecule has 0 saturated carbocycles. The van der Waals surface area contributed by atoms with Crippen LogP contribution in [0.2, 0.25) is 18.1 Å². The molecule has 0 amide bonds. The minimum Gasteiger partial charge on any atom is -0.408 e. The van der Waals surface area contributed by atoms with Crippen molar-refractivity contribution < 1.29 is 45.8 Å². The number of hydrogen-bond acceptors (Lipinski definition) is 13. The summed E-state index contributed by atoms with van der Waals surface area (Å²) >= 11 is 9.44. The van der Waals surface area contributed by atoms with Gasteiger partial charge in [-0.15, -0.1) is 6.42 Å². The summed E-state index contributed by atoms with van der Waals surface area (Å²) in [5, 5.41) is -0.224. The van der Waals surface area contributed by atoms with E-state index in [1.165, 1.54) is 17.2 Å². The highest BCUT2D eigenvalue weighted by atomic mass is 32.7. The Hall–Kier alpha value is -1.03. The zero-order valence-corrected chi connectivity index (χ0v) is 28.5. The van der Waals surface area contributed by atoms with Gasteiger partial charge in [0.2, 0.25) is 0 Å². The van der Waals surface area contributed by atoms with E-state index in [2.05, 4.69) is 33.1 Å². The molecule has 20 heteroatoms. The number of nitrogen functional groups attached to an aromatic ring is 1. The van der Waals surface area contributed by atoms with Crippen LogP contribution >= 0.6 is 25.8 Å². The number of ether oxygens (including phenoxy) is 2. The number of halogens is 1. The van der Waals surface area contributed by atoms with Crippen LogP contribution in [0.15, 0.2) is 12.7 Å². The third-order valence-electron chi connectivity index (χ3n) is 7.95. The molecule has 43 heavy (non-hydrogen) atoms. The number of nitrogens with zero attached hydrogens (tertiary/aromatic N) is 4. The molecule has 0 aromatic carbocycles. The number of rotatable bonds is 3. The van der Waals surface area contributed by atoms with Crippen molar-refractivity contribution in [1.82, 2.24) is 19.5 Å². The molecular weight excluding hydrogens is 663 g/mol. The second-order valence-electron chi connectivity index (χ2n) is 11.9. The Bertz CT molecular complexity index is 1510. The standard InChI is InChI=1S/C23H34FN5O9P2S2Si/c1-7-12-18-19(38-43(5,6)23(2,3)4)14(34-12)9-33-39(30,41)36-17-13(8-32-40(31,42)37-18)35-22(15(17)24)29-11-28-16-20(25)26-10-27-21(16)29/h1,10-15,17-19,22H,8-9H2,2-6H3,(H,30,41)(H,31,42)(H2,25,26,27)/t12-,13+,14+,15+,17+,18-,19+,22+,39?,40?/m0/s1. The van der Waals surface area contributed by atoms with Crippen molar-refractivity contribution in [3.05, 3.63) is 12.7 Å². The lowest BCUT2D eigenvalue weighted by Gasteiger charge is -2.40. The zero-order chi connectivity index (χ0) is 31.5. The highest BCUT2D eigenvalue weighted by Crippen LogP contribution is 2.58. The molecule has 5 heterocycles. The predicted molar refractivity (Wildman–Crippen MR) is 163 cm³/mol. The number of hydrogen-bond donors (Lipinski definition) is 3. The number of nitrogens with two attached hydrogens (primary N) is 1. The van der Waals surface area contributed by atoms with Gasteiger partial charge in [-0.3, -0.25) is 18.1 Å². The second-order valence-corrected chi connectivity index (χ2v) is 22.3. The molecule has 3 N–H and O–H groups in total. The molecule has 3 fully saturated rings. The van der Waals surface area contributed by atoms with Crippen molar-refractivity contribution >= 4 is 62.9 Å². The van der Waals surface area contributed by atoms with Crippen molar-refractivity contribution in [2.75, 3.05) is 18.9 Å². The van der Waals surface area contributed by atoms with Crippen LogP contribution in [0, 0.1) is 12.3 Å². The molecule has 3 aliphatic heterocycles. The Balaban J connectivity index is 1.46. The Morgan fingerprint density at radius 2 is 1.91 bits per heavy atom. The van der Waals surface area contributed by atoms with E-state index < -0.39 is 77.5 Å². The lowest BCUT2D eigenvalue weighted by molar-refractivity contribution is -0.0450. The second kappa shape index (κ2) is 12.0. The molecule has 0 aliphatic carbocycles. The molecule has 14 nitrogen and oxygen atoms in total. The van der Waals surface area contributed by atoms with Gasteiger partial charge < -0.3 is 29.1 Å². The van der Waals surface area contributed by atoms with Gasteiger partial charge in [-0.1, -0.05) is 38.9 Å². The summed E-state index contributed by atoms with van der Waals surface area (Å²) in [6, 6.07) is 0. The van der Waals surface area contributed by atoms with Gasteiger partial charge in [-0.25, -0.2) is 23.9 Å². The fourth-order valence-electron chi connectivity index (χ4n) is 4.71. The van der Waals surface area contributed by atoms with E-state index in [0.29, 0.717) is 0 Å². The predicted octanol–water partition coefficient (Wildman–Crippen LogP) is 3.51. The lowest BCUT2D eigenvalue weighted by atomic mass is 10.1. The average Bonchev–Trinajstić information content (AvgIpc) is 3.55. The van der Waals surface area contributed by atoms with E-state index in [9.17, 15) is 9.46 Å². The minimum absolute atomic E-state index is 0.0867. The summed E-state index contributed by atoms with van der Waals surface area (Å²) in [6.45, 7) is 0.929. The molecule has 5 rings (SSSR count). The number of aromatic nitrogens is 4. The van der Waals surface area contributed by atoms with Gasteiger partial charge in [0.25, 0.3) is 0 Å². The quantitative estimate of drug-likeness (QED) is 0.184. The fourth-order valence-corrected chi connectivity index (χ4v) is 8.93. The van der Waals surface area contributed by atoms with Gasteiger partial charge in [0, 0.05) is 0 Å². The number of thiol groups is 1. The van der Waals surface area contributed by atoms with Gasteiger partial charge in [0.1, 0.15) is 48.5 Å². The van der Waals surface area contributed by atoms with E-state index in [4.69, 9.17) is 56.0 Å². The maximum Gasteiger partial charge on any atom is 0.386 e. The van der Waals surface area contributed by atoms with Crippen molar-refractivity contribution in [2.45, 2.75) is 87.9 Å². The van der Waals surface area contributed by atoms with E-state index in [1.54, 1.807) is 0 Å². The molecule has 2 aromatic heterocycles.